The largest absolute Gasteiger partial charge is 0.379 e. The average Bonchev–Trinajstić information content (AvgIpc) is 3.14. The zero-order chi connectivity index (χ0) is 15.2. The Balaban J connectivity index is 1.61. The van der Waals surface area contributed by atoms with Gasteiger partial charge in [0, 0.05) is 16.7 Å². The summed E-state index contributed by atoms with van der Waals surface area (Å²) in [5, 5.41) is 11.0. The number of benzene rings is 1. The van der Waals surface area contributed by atoms with E-state index in [2.05, 4.69) is 39.4 Å². The van der Waals surface area contributed by atoms with Crippen LogP contribution in [0.5, 0.6) is 0 Å². The van der Waals surface area contributed by atoms with Gasteiger partial charge in [-0.1, -0.05) is 36.3 Å². The van der Waals surface area contributed by atoms with Crippen LogP contribution in [0.1, 0.15) is 18.2 Å². The second-order valence-corrected chi connectivity index (χ2v) is 5.99. The molecule has 1 N–H and O–H groups in total. The first kappa shape index (κ1) is 13.2. The maximum atomic E-state index is 5.31. The average molecular weight is 296 g/mol. The van der Waals surface area contributed by atoms with Crippen LogP contribution >= 0.6 is 0 Å². The van der Waals surface area contributed by atoms with E-state index in [4.69, 9.17) is 9.26 Å². The minimum atomic E-state index is 0.132. The molecule has 6 nitrogen and oxygen atoms in total. The molecule has 3 aromatic rings. The summed E-state index contributed by atoms with van der Waals surface area (Å²) in [6, 6.07) is 10.1. The molecule has 0 spiro atoms. The molecule has 1 fully saturated rings. The monoisotopic (exact) mass is 296 g/mol. The van der Waals surface area contributed by atoms with Gasteiger partial charge in [0.05, 0.1) is 13.2 Å². The van der Waals surface area contributed by atoms with Crippen LogP contribution in [0.3, 0.4) is 0 Å². The lowest BCUT2D eigenvalue weighted by Gasteiger charge is -2.38. The highest BCUT2D eigenvalue weighted by atomic mass is 16.5. The van der Waals surface area contributed by atoms with Crippen molar-refractivity contribution in [1.29, 1.82) is 0 Å². The standard InChI is InChI=1S/C16H16N4O2/c1-10-7-13(19-18-10)15-17-14(20-22-15)11-3-5-12(6-4-11)16(2)8-21-9-16/h3-7H,8-9H2,1-2H3,(H,18,19). The van der Waals surface area contributed by atoms with Crippen molar-refractivity contribution in [3.8, 4) is 23.0 Å². The number of hydrogen-bond donors (Lipinski definition) is 1. The Kier molecular flexibility index (Phi) is 2.87. The van der Waals surface area contributed by atoms with Crippen molar-refractivity contribution in [3.63, 3.8) is 0 Å². The van der Waals surface area contributed by atoms with Crippen molar-refractivity contribution < 1.29 is 9.26 Å². The third-order valence-corrected chi connectivity index (χ3v) is 4.03. The molecule has 0 saturated carbocycles. The van der Waals surface area contributed by atoms with Crippen LogP contribution in [0.25, 0.3) is 23.0 Å². The van der Waals surface area contributed by atoms with E-state index in [1.165, 1.54) is 5.56 Å². The highest BCUT2D eigenvalue weighted by molar-refractivity contribution is 5.58. The quantitative estimate of drug-likeness (QED) is 0.804. The molecule has 0 aliphatic carbocycles. The fourth-order valence-electron chi connectivity index (χ4n) is 2.57. The highest BCUT2D eigenvalue weighted by Crippen LogP contribution is 2.32. The van der Waals surface area contributed by atoms with Gasteiger partial charge >= 0.3 is 0 Å². The first-order valence-corrected chi connectivity index (χ1v) is 7.19. The zero-order valence-corrected chi connectivity index (χ0v) is 12.5. The third kappa shape index (κ3) is 2.12. The second kappa shape index (κ2) is 4.78. The molecule has 1 aliphatic heterocycles. The molecule has 22 heavy (non-hydrogen) atoms. The predicted molar refractivity (Wildman–Crippen MR) is 80.2 cm³/mol. The normalized spacial score (nSPS) is 16.5. The maximum Gasteiger partial charge on any atom is 0.278 e. The fraction of sp³-hybridized carbons (Fsp3) is 0.312. The number of aryl methyl sites for hydroxylation is 1. The molecule has 0 unspecified atom stereocenters. The minimum Gasteiger partial charge on any atom is -0.379 e. The van der Waals surface area contributed by atoms with Gasteiger partial charge in [-0.2, -0.15) is 10.1 Å². The van der Waals surface area contributed by atoms with Gasteiger partial charge in [-0.15, -0.1) is 0 Å². The molecule has 4 rings (SSSR count). The Morgan fingerprint density at radius 2 is 1.95 bits per heavy atom. The van der Waals surface area contributed by atoms with Crippen molar-refractivity contribution in [1.82, 2.24) is 20.3 Å². The lowest BCUT2D eigenvalue weighted by molar-refractivity contribution is -0.0500. The van der Waals surface area contributed by atoms with Crippen molar-refractivity contribution >= 4 is 0 Å². The summed E-state index contributed by atoms with van der Waals surface area (Å²) in [6.45, 7) is 5.68. The molecular formula is C16H16N4O2. The van der Waals surface area contributed by atoms with Crippen LogP contribution in [-0.2, 0) is 10.2 Å². The third-order valence-electron chi connectivity index (χ3n) is 4.03. The van der Waals surface area contributed by atoms with Crippen molar-refractivity contribution in [2.75, 3.05) is 13.2 Å². The van der Waals surface area contributed by atoms with E-state index in [1.807, 2.05) is 25.1 Å². The van der Waals surface area contributed by atoms with Crippen LogP contribution in [0.4, 0.5) is 0 Å². The number of nitrogens with zero attached hydrogens (tertiary/aromatic N) is 3. The van der Waals surface area contributed by atoms with Crippen molar-refractivity contribution in [3.05, 3.63) is 41.6 Å². The molecule has 2 aromatic heterocycles. The number of nitrogens with one attached hydrogen (secondary N) is 1. The second-order valence-electron chi connectivity index (χ2n) is 5.99. The van der Waals surface area contributed by atoms with Gasteiger partial charge in [0.1, 0.15) is 0 Å². The molecule has 1 aliphatic rings. The summed E-state index contributed by atoms with van der Waals surface area (Å²) in [5.41, 5.74) is 3.94. The van der Waals surface area contributed by atoms with Crippen LogP contribution in [0.2, 0.25) is 0 Å². The first-order valence-electron chi connectivity index (χ1n) is 7.19. The number of aromatic amines is 1. The van der Waals surface area contributed by atoms with Crippen LogP contribution in [0.15, 0.2) is 34.9 Å². The Bertz CT molecular complexity index is 800. The molecule has 0 bridgehead atoms. The van der Waals surface area contributed by atoms with Gasteiger partial charge in [-0.25, -0.2) is 0 Å². The van der Waals surface area contributed by atoms with E-state index in [9.17, 15) is 0 Å². The summed E-state index contributed by atoms with van der Waals surface area (Å²) < 4.78 is 10.6. The van der Waals surface area contributed by atoms with Gasteiger partial charge in [0.25, 0.3) is 5.89 Å². The maximum absolute atomic E-state index is 5.31. The Labute approximate surface area is 127 Å². The summed E-state index contributed by atoms with van der Waals surface area (Å²) in [7, 11) is 0. The van der Waals surface area contributed by atoms with E-state index in [1.54, 1.807) is 0 Å². The van der Waals surface area contributed by atoms with E-state index < -0.39 is 0 Å². The zero-order valence-electron chi connectivity index (χ0n) is 12.5. The van der Waals surface area contributed by atoms with Crippen molar-refractivity contribution in [2.45, 2.75) is 19.3 Å². The van der Waals surface area contributed by atoms with Crippen LogP contribution in [0, 0.1) is 6.92 Å². The van der Waals surface area contributed by atoms with E-state index in [-0.39, 0.29) is 5.41 Å². The van der Waals surface area contributed by atoms with Gasteiger partial charge in [0.2, 0.25) is 5.82 Å². The van der Waals surface area contributed by atoms with Gasteiger partial charge in [-0.05, 0) is 18.6 Å². The van der Waals surface area contributed by atoms with E-state index in [0.717, 1.165) is 24.5 Å². The molecule has 1 saturated heterocycles. The predicted octanol–water partition coefficient (Wildman–Crippen LogP) is 2.72. The number of aromatic nitrogens is 4. The molecule has 3 heterocycles. The number of hydrogen-bond acceptors (Lipinski definition) is 5. The van der Waals surface area contributed by atoms with E-state index in [0.29, 0.717) is 17.4 Å². The number of rotatable bonds is 3. The topological polar surface area (TPSA) is 76.8 Å². The lowest BCUT2D eigenvalue weighted by atomic mass is 9.80. The molecule has 6 heteroatoms. The SMILES string of the molecule is Cc1cc(-c2nc(-c3ccc(C4(C)COC4)cc3)no2)n[nH]1. The van der Waals surface area contributed by atoms with Gasteiger partial charge in [0.15, 0.2) is 5.69 Å². The van der Waals surface area contributed by atoms with Crippen LogP contribution < -0.4 is 0 Å². The Morgan fingerprint density at radius 1 is 1.18 bits per heavy atom. The number of ether oxygens (including phenoxy) is 1. The van der Waals surface area contributed by atoms with E-state index >= 15 is 0 Å². The first-order chi connectivity index (χ1) is 10.6. The Morgan fingerprint density at radius 3 is 2.55 bits per heavy atom. The summed E-state index contributed by atoms with van der Waals surface area (Å²) >= 11 is 0. The molecule has 112 valence electrons. The smallest absolute Gasteiger partial charge is 0.278 e. The Hall–Kier alpha value is -2.47. The number of H-pyrrole nitrogens is 1. The summed E-state index contributed by atoms with van der Waals surface area (Å²) in [4.78, 5) is 4.41. The molecular weight excluding hydrogens is 280 g/mol. The molecule has 0 amide bonds. The summed E-state index contributed by atoms with van der Waals surface area (Å²) in [5.74, 6) is 0.986. The highest BCUT2D eigenvalue weighted by Gasteiger charge is 2.35. The molecule has 1 aromatic carbocycles. The summed E-state index contributed by atoms with van der Waals surface area (Å²) in [6.07, 6.45) is 0. The van der Waals surface area contributed by atoms with Crippen molar-refractivity contribution in [2.24, 2.45) is 0 Å². The molecule has 0 atom stereocenters. The lowest BCUT2D eigenvalue weighted by Crippen LogP contribution is -2.43. The fourth-order valence-corrected chi connectivity index (χ4v) is 2.57. The van der Waals surface area contributed by atoms with Crippen LogP contribution in [-0.4, -0.2) is 33.6 Å². The molecule has 0 radical (unpaired) electrons. The van der Waals surface area contributed by atoms with Gasteiger partial charge < -0.3 is 9.26 Å². The minimum absolute atomic E-state index is 0.132. The van der Waals surface area contributed by atoms with Gasteiger partial charge in [-0.3, -0.25) is 5.10 Å².